The molecule has 0 unspecified atom stereocenters. The third-order valence-corrected chi connectivity index (χ3v) is 3.66. The normalized spacial score (nSPS) is 10.4. The summed E-state index contributed by atoms with van der Waals surface area (Å²) in [5.74, 6) is 0. The Balaban J connectivity index is 2.16. The van der Waals surface area contributed by atoms with Crippen LogP contribution >= 0.6 is 0 Å². The largest absolute Gasteiger partial charge is 0.310 e. The van der Waals surface area contributed by atoms with Crippen molar-refractivity contribution < 1.29 is 0 Å². The number of rotatable bonds is 3. The summed E-state index contributed by atoms with van der Waals surface area (Å²) in [6.45, 7) is 4.27. The fourth-order valence-corrected chi connectivity index (χ4v) is 2.51. The second-order valence-corrected chi connectivity index (χ2v) is 5.29. The van der Waals surface area contributed by atoms with Gasteiger partial charge in [0, 0.05) is 17.1 Å². The lowest BCUT2D eigenvalue weighted by atomic mass is 10.1. The second kappa shape index (κ2) is 5.84. The number of benzene rings is 3. The minimum atomic E-state index is 1.18. The van der Waals surface area contributed by atoms with Gasteiger partial charge in [-0.2, -0.15) is 0 Å². The van der Waals surface area contributed by atoms with Gasteiger partial charge in [-0.1, -0.05) is 54.1 Å². The zero-order valence-electron chi connectivity index (χ0n) is 12.5. The number of hydrogen-bond donors (Lipinski definition) is 0. The highest BCUT2D eigenvalue weighted by molar-refractivity contribution is 5.78. The maximum atomic E-state index is 2.30. The van der Waals surface area contributed by atoms with Crippen molar-refractivity contribution in [2.45, 2.75) is 13.8 Å². The van der Waals surface area contributed by atoms with Gasteiger partial charge in [0.2, 0.25) is 0 Å². The topological polar surface area (TPSA) is 3.24 Å². The SMILES string of the molecule is Cc1ccc(N(c2ccccc2)c2ccccc2C)cc1. The van der Waals surface area contributed by atoms with Crippen LogP contribution in [-0.2, 0) is 0 Å². The van der Waals surface area contributed by atoms with Gasteiger partial charge in [-0.3, -0.25) is 0 Å². The van der Waals surface area contributed by atoms with Crippen molar-refractivity contribution >= 4 is 17.1 Å². The van der Waals surface area contributed by atoms with Crippen LogP contribution in [0.25, 0.3) is 0 Å². The fraction of sp³-hybridized carbons (Fsp3) is 0.100. The minimum absolute atomic E-state index is 1.18. The van der Waals surface area contributed by atoms with Crippen LogP contribution in [-0.4, -0.2) is 0 Å². The molecule has 0 fully saturated rings. The monoisotopic (exact) mass is 273 g/mol. The summed E-state index contributed by atoms with van der Waals surface area (Å²) in [7, 11) is 0. The molecule has 3 aromatic carbocycles. The molecule has 0 heterocycles. The number of para-hydroxylation sites is 2. The van der Waals surface area contributed by atoms with Crippen LogP contribution in [0.1, 0.15) is 11.1 Å². The van der Waals surface area contributed by atoms with E-state index in [4.69, 9.17) is 0 Å². The molecule has 0 saturated carbocycles. The Morgan fingerprint density at radius 1 is 0.571 bits per heavy atom. The molecule has 0 aliphatic rings. The highest BCUT2D eigenvalue weighted by Crippen LogP contribution is 2.35. The molecule has 3 rings (SSSR count). The van der Waals surface area contributed by atoms with Gasteiger partial charge in [-0.25, -0.2) is 0 Å². The average molecular weight is 273 g/mol. The second-order valence-electron chi connectivity index (χ2n) is 5.29. The molecule has 0 aliphatic heterocycles. The van der Waals surface area contributed by atoms with E-state index in [0.717, 1.165) is 0 Å². The van der Waals surface area contributed by atoms with Gasteiger partial charge in [0.1, 0.15) is 0 Å². The Labute approximate surface area is 126 Å². The highest BCUT2D eigenvalue weighted by Gasteiger charge is 2.13. The molecular weight excluding hydrogens is 254 g/mol. The molecule has 0 atom stereocenters. The van der Waals surface area contributed by atoms with Gasteiger partial charge in [-0.05, 0) is 49.7 Å². The molecule has 3 aromatic rings. The number of anilines is 3. The summed E-state index contributed by atoms with van der Waals surface area (Å²) < 4.78 is 0. The van der Waals surface area contributed by atoms with Crippen LogP contribution in [0.3, 0.4) is 0 Å². The van der Waals surface area contributed by atoms with Crippen molar-refractivity contribution in [3.05, 3.63) is 90.0 Å². The van der Waals surface area contributed by atoms with Crippen molar-refractivity contribution in [3.8, 4) is 0 Å². The van der Waals surface area contributed by atoms with Crippen molar-refractivity contribution in [2.75, 3.05) is 4.90 Å². The van der Waals surface area contributed by atoms with Gasteiger partial charge < -0.3 is 4.90 Å². The molecule has 1 nitrogen and oxygen atoms in total. The molecule has 0 radical (unpaired) electrons. The molecule has 21 heavy (non-hydrogen) atoms. The van der Waals surface area contributed by atoms with Gasteiger partial charge in [0.15, 0.2) is 0 Å². The quantitative estimate of drug-likeness (QED) is 0.585. The molecule has 1 heteroatoms. The van der Waals surface area contributed by atoms with Gasteiger partial charge >= 0.3 is 0 Å². The van der Waals surface area contributed by atoms with Gasteiger partial charge in [-0.15, -0.1) is 0 Å². The maximum Gasteiger partial charge on any atom is 0.0490 e. The maximum absolute atomic E-state index is 2.30. The van der Waals surface area contributed by atoms with Gasteiger partial charge in [0.05, 0.1) is 0 Å². The lowest BCUT2D eigenvalue weighted by Crippen LogP contribution is -2.11. The van der Waals surface area contributed by atoms with Crippen LogP contribution in [0.15, 0.2) is 78.9 Å². The standard InChI is InChI=1S/C20H19N/c1-16-12-14-19(15-13-16)21(18-9-4-3-5-10-18)20-11-7-6-8-17(20)2/h3-15H,1-2H3. The van der Waals surface area contributed by atoms with Crippen molar-refractivity contribution in [1.82, 2.24) is 0 Å². The van der Waals surface area contributed by atoms with Crippen LogP contribution in [0, 0.1) is 13.8 Å². The Morgan fingerprint density at radius 2 is 1.14 bits per heavy atom. The van der Waals surface area contributed by atoms with E-state index in [0.29, 0.717) is 0 Å². The zero-order valence-corrected chi connectivity index (χ0v) is 12.5. The number of aryl methyl sites for hydroxylation is 2. The highest BCUT2D eigenvalue weighted by atomic mass is 15.1. The third kappa shape index (κ3) is 2.82. The Kier molecular flexibility index (Phi) is 3.74. The molecule has 0 saturated heterocycles. The molecule has 104 valence electrons. The first-order chi connectivity index (χ1) is 10.3. The molecule has 0 amide bonds. The Hall–Kier alpha value is -2.54. The summed E-state index contributed by atoms with van der Waals surface area (Å²) in [5, 5.41) is 0. The molecule has 0 N–H and O–H groups in total. The summed E-state index contributed by atoms with van der Waals surface area (Å²) in [6.07, 6.45) is 0. The van der Waals surface area contributed by atoms with E-state index in [-0.39, 0.29) is 0 Å². The first-order valence-corrected chi connectivity index (χ1v) is 7.23. The van der Waals surface area contributed by atoms with E-state index in [1.165, 1.54) is 28.2 Å². The van der Waals surface area contributed by atoms with Gasteiger partial charge in [0.25, 0.3) is 0 Å². The van der Waals surface area contributed by atoms with E-state index < -0.39 is 0 Å². The van der Waals surface area contributed by atoms with E-state index >= 15 is 0 Å². The van der Waals surface area contributed by atoms with E-state index in [2.05, 4.69) is 97.6 Å². The van der Waals surface area contributed by atoms with Crippen LogP contribution in [0.2, 0.25) is 0 Å². The Bertz CT molecular complexity index is 714. The van der Waals surface area contributed by atoms with Crippen LogP contribution in [0.4, 0.5) is 17.1 Å². The smallest absolute Gasteiger partial charge is 0.0490 e. The summed E-state index contributed by atoms with van der Waals surface area (Å²) >= 11 is 0. The van der Waals surface area contributed by atoms with E-state index in [1.807, 2.05) is 0 Å². The average Bonchev–Trinajstić information content (AvgIpc) is 2.52. The zero-order chi connectivity index (χ0) is 14.7. The minimum Gasteiger partial charge on any atom is -0.310 e. The summed E-state index contributed by atoms with van der Waals surface area (Å²) in [5.41, 5.74) is 6.11. The first-order valence-electron chi connectivity index (χ1n) is 7.23. The Morgan fingerprint density at radius 3 is 1.81 bits per heavy atom. The van der Waals surface area contributed by atoms with Crippen molar-refractivity contribution in [2.24, 2.45) is 0 Å². The first kappa shape index (κ1) is 13.4. The molecule has 0 aliphatic carbocycles. The molecule has 0 spiro atoms. The molecule has 0 bridgehead atoms. The number of nitrogens with zero attached hydrogens (tertiary/aromatic N) is 1. The van der Waals surface area contributed by atoms with E-state index in [9.17, 15) is 0 Å². The molecular formula is C20H19N. The lowest BCUT2D eigenvalue weighted by molar-refractivity contribution is 1.24. The van der Waals surface area contributed by atoms with Crippen LogP contribution in [0.5, 0.6) is 0 Å². The van der Waals surface area contributed by atoms with E-state index in [1.54, 1.807) is 0 Å². The number of hydrogen-bond acceptors (Lipinski definition) is 1. The summed E-state index contributed by atoms with van der Waals surface area (Å²) in [6, 6.07) is 27.7. The van der Waals surface area contributed by atoms with Crippen molar-refractivity contribution in [3.63, 3.8) is 0 Å². The summed E-state index contributed by atoms with van der Waals surface area (Å²) in [4.78, 5) is 2.30. The third-order valence-electron chi connectivity index (χ3n) is 3.66. The fourth-order valence-electron chi connectivity index (χ4n) is 2.51. The predicted molar refractivity (Wildman–Crippen MR) is 90.6 cm³/mol. The van der Waals surface area contributed by atoms with Crippen molar-refractivity contribution in [1.29, 1.82) is 0 Å². The van der Waals surface area contributed by atoms with Crippen LogP contribution < -0.4 is 4.90 Å². The predicted octanol–water partition coefficient (Wildman–Crippen LogP) is 5.77. The molecule has 0 aromatic heterocycles. The lowest BCUT2D eigenvalue weighted by Gasteiger charge is -2.27.